The first-order valence-corrected chi connectivity index (χ1v) is 6.78. The molecule has 0 radical (unpaired) electrons. The third-order valence-corrected chi connectivity index (χ3v) is 3.83. The summed E-state index contributed by atoms with van der Waals surface area (Å²) in [7, 11) is 2.22. The quantitative estimate of drug-likeness (QED) is 0.806. The normalized spacial score (nSPS) is 31.6. The highest BCUT2D eigenvalue weighted by Crippen LogP contribution is 2.18. The Hall–Kier alpha value is -0.160. The van der Waals surface area contributed by atoms with Crippen molar-refractivity contribution < 1.29 is 9.47 Å². The number of hydrogen-bond donors (Lipinski definition) is 1. The summed E-state index contributed by atoms with van der Waals surface area (Å²) in [6.45, 7) is 7.73. The van der Waals surface area contributed by atoms with Gasteiger partial charge in [-0.05, 0) is 40.3 Å². The fraction of sp³-hybridized carbons (Fsp3) is 1.00. The van der Waals surface area contributed by atoms with Gasteiger partial charge in [-0.3, -0.25) is 0 Å². The molecule has 2 fully saturated rings. The lowest BCUT2D eigenvalue weighted by atomic mass is 10.0. The van der Waals surface area contributed by atoms with Crippen molar-refractivity contribution in [3.8, 4) is 0 Å². The predicted octanol–water partition coefficient (Wildman–Crippen LogP) is 1.21. The van der Waals surface area contributed by atoms with Crippen LogP contribution in [0, 0.1) is 0 Å². The minimum atomic E-state index is -0.403. The first-order valence-electron chi connectivity index (χ1n) is 6.78. The zero-order valence-electron chi connectivity index (χ0n) is 11.4. The molecule has 1 N–H and O–H groups in total. The molecule has 4 heteroatoms. The van der Waals surface area contributed by atoms with Gasteiger partial charge in [0.1, 0.15) is 0 Å². The van der Waals surface area contributed by atoms with Gasteiger partial charge in [0.2, 0.25) is 0 Å². The summed E-state index contributed by atoms with van der Waals surface area (Å²) in [5, 5.41) is 3.57. The average molecular weight is 242 g/mol. The first-order chi connectivity index (χ1) is 8.07. The molecule has 0 aliphatic carbocycles. The highest BCUT2D eigenvalue weighted by molar-refractivity contribution is 4.80. The van der Waals surface area contributed by atoms with Crippen molar-refractivity contribution in [2.24, 2.45) is 0 Å². The Balaban J connectivity index is 1.68. The molecule has 2 heterocycles. The fourth-order valence-electron chi connectivity index (χ4n) is 2.51. The van der Waals surface area contributed by atoms with Crippen LogP contribution in [0.25, 0.3) is 0 Å². The van der Waals surface area contributed by atoms with E-state index in [1.165, 1.54) is 25.8 Å². The van der Waals surface area contributed by atoms with Gasteiger partial charge in [0.25, 0.3) is 0 Å². The molecule has 1 unspecified atom stereocenters. The highest BCUT2D eigenvalue weighted by Gasteiger charge is 2.28. The molecule has 2 aliphatic heterocycles. The van der Waals surface area contributed by atoms with Crippen molar-refractivity contribution in [2.75, 3.05) is 33.4 Å². The number of ether oxygens (including phenoxy) is 2. The molecule has 17 heavy (non-hydrogen) atoms. The molecule has 0 aromatic heterocycles. The number of likely N-dealkylation sites (tertiary alicyclic amines) is 1. The van der Waals surface area contributed by atoms with Gasteiger partial charge in [0, 0.05) is 12.6 Å². The van der Waals surface area contributed by atoms with E-state index in [4.69, 9.17) is 9.47 Å². The van der Waals surface area contributed by atoms with Gasteiger partial charge in [-0.2, -0.15) is 0 Å². The molecule has 4 nitrogen and oxygen atoms in total. The Labute approximate surface area is 105 Å². The van der Waals surface area contributed by atoms with Gasteiger partial charge >= 0.3 is 0 Å². The number of piperidine rings is 1. The molecule has 0 bridgehead atoms. The zero-order chi connectivity index (χ0) is 12.3. The topological polar surface area (TPSA) is 33.7 Å². The summed E-state index contributed by atoms with van der Waals surface area (Å²) in [6.07, 6.45) is 4.02. The summed E-state index contributed by atoms with van der Waals surface area (Å²) in [5.41, 5.74) is 0. The van der Waals surface area contributed by atoms with E-state index in [2.05, 4.69) is 17.3 Å². The molecule has 0 aromatic carbocycles. The monoisotopic (exact) mass is 242 g/mol. The van der Waals surface area contributed by atoms with Crippen LogP contribution in [-0.4, -0.2) is 56.1 Å². The molecule has 0 saturated carbocycles. The van der Waals surface area contributed by atoms with E-state index in [-0.39, 0.29) is 0 Å². The fourth-order valence-corrected chi connectivity index (χ4v) is 2.51. The Morgan fingerprint density at radius 1 is 1.24 bits per heavy atom. The van der Waals surface area contributed by atoms with E-state index in [0.29, 0.717) is 12.1 Å². The second kappa shape index (κ2) is 5.65. The van der Waals surface area contributed by atoms with E-state index in [0.717, 1.165) is 19.8 Å². The van der Waals surface area contributed by atoms with E-state index in [1.54, 1.807) is 0 Å². The molecule has 2 saturated heterocycles. The molecule has 1 atom stereocenters. The van der Waals surface area contributed by atoms with Gasteiger partial charge < -0.3 is 19.7 Å². The molecule has 0 amide bonds. The Morgan fingerprint density at radius 3 is 2.59 bits per heavy atom. The Kier molecular flexibility index (Phi) is 4.42. The minimum absolute atomic E-state index is 0.346. The second-order valence-corrected chi connectivity index (χ2v) is 5.76. The van der Waals surface area contributed by atoms with Crippen molar-refractivity contribution in [3.63, 3.8) is 0 Å². The summed E-state index contributed by atoms with van der Waals surface area (Å²) >= 11 is 0. The van der Waals surface area contributed by atoms with Crippen LogP contribution < -0.4 is 5.32 Å². The van der Waals surface area contributed by atoms with Crippen LogP contribution in [0.1, 0.15) is 33.1 Å². The minimum Gasteiger partial charge on any atom is -0.349 e. The Morgan fingerprint density at radius 2 is 1.94 bits per heavy atom. The van der Waals surface area contributed by atoms with Crippen LogP contribution in [0.2, 0.25) is 0 Å². The Bertz CT molecular complexity index is 236. The lowest BCUT2D eigenvalue weighted by Crippen LogP contribution is -2.52. The molecule has 100 valence electrons. The van der Waals surface area contributed by atoms with Crippen molar-refractivity contribution >= 4 is 0 Å². The molecule has 0 aromatic rings. The predicted molar refractivity (Wildman–Crippen MR) is 68.0 cm³/mol. The molecule has 2 aliphatic rings. The van der Waals surface area contributed by atoms with Crippen LogP contribution in [0.15, 0.2) is 0 Å². The van der Waals surface area contributed by atoms with Crippen LogP contribution >= 0.6 is 0 Å². The zero-order valence-corrected chi connectivity index (χ0v) is 11.4. The summed E-state index contributed by atoms with van der Waals surface area (Å²) < 4.78 is 11.3. The third kappa shape index (κ3) is 3.91. The second-order valence-electron chi connectivity index (χ2n) is 5.76. The number of nitrogens with one attached hydrogen (secondary N) is 1. The van der Waals surface area contributed by atoms with Crippen molar-refractivity contribution in [1.29, 1.82) is 0 Å². The van der Waals surface area contributed by atoms with E-state index >= 15 is 0 Å². The van der Waals surface area contributed by atoms with Gasteiger partial charge in [0.05, 0.1) is 19.3 Å². The summed E-state index contributed by atoms with van der Waals surface area (Å²) in [5.74, 6) is -0.403. The third-order valence-electron chi connectivity index (χ3n) is 3.83. The lowest BCUT2D eigenvalue weighted by molar-refractivity contribution is -0.253. The maximum absolute atomic E-state index is 5.65. The molecule has 0 spiro atoms. The molecular formula is C13H26N2O2. The van der Waals surface area contributed by atoms with E-state index < -0.39 is 5.79 Å². The number of likely N-dealkylation sites (N-methyl/N-ethyl adjacent to an activating group) is 1. The van der Waals surface area contributed by atoms with Crippen LogP contribution in [0.4, 0.5) is 0 Å². The molecular weight excluding hydrogens is 216 g/mol. The SMILES string of the molecule is CN1CCCCC1CNC1COC(C)(C)OC1. The number of nitrogens with zero attached hydrogens (tertiary/aromatic N) is 1. The highest BCUT2D eigenvalue weighted by atomic mass is 16.7. The van der Waals surface area contributed by atoms with Gasteiger partial charge in [0.15, 0.2) is 5.79 Å². The number of hydrogen-bond acceptors (Lipinski definition) is 4. The van der Waals surface area contributed by atoms with Crippen molar-refractivity contribution in [2.45, 2.75) is 51.0 Å². The maximum atomic E-state index is 5.65. The smallest absolute Gasteiger partial charge is 0.162 e. The van der Waals surface area contributed by atoms with Gasteiger partial charge in [-0.1, -0.05) is 6.42 Å². The summed E-state index contributed by atoms with van der Waals surface area (Å²) in [4.78, 5) is 2.46. The average Bonchev–Trinajstić information content (AvgIpc) is 2.30. The largest absolute Gasteiger partial charge is 0.349 e. The van der Waals surface area contributed by atoms with E-state index in [9.17, 15) is 0 Å². The van der Waals surface area contributed by atoms with Gasteiger partial charge in [-0.15, -0.1) is 0 Å². The summed E-state index contributed by atoms with van der Waals surface area (Å²) in [6, 6.07) is 1.03. The van der Waals surface area contributed by atoms with Crippen molar-refractivity contribution in [1.82, 2.24) is 10.2 Å². The lowest BCUT2D eigenvalue weighted by Gasteiger charge is -2.37. The van der Waals surface area contributed by atoms with Crippen LogP contribution in [-0.2, 0) is 9.47 Å². The van der Waals surface area contributed by atoms with Crippen LogP contribution in [0.5, 0.6) is 0 Å². The van der Waals surface area contributed by atoms with Crippen LogP contribution in [0.3, 0.4) is 0 Å². The standard InChI is InChI=1S/C13H26N2O2/c1-13(2)16-9-11(10-17-13)14-8-12-6-4-5-7-15(12)3/h11-12,14H,4-10H2,1-3H3. The number of rotatable bonds is 3. The van der Waals surface area contributed by atoms with E-state index in [1.807, 2.05) is 13.8 Å². The maximum Gasteiger partial charge on any atom is 0.162 e. The molecule has 2 rings (SSSR count). The first kappa shape index (κ1) is 13.3. The van der Waals surface area contributed by atoms with Crippen molar-refractivity contribution in [3.05, 3.63) is 0 Å². The van der Waals surface area contributed by atoms with Gasteiger partial charge in [-0.25, -0.2) is 0 Å².